The van der Waals surface area contributed by atoms with Crippen LogP contribution in [0.25, 0.3) is 0 Å². The number of ether oxygens (including phenoxy) is 1. The van der Waals surface area contributed by atoms with Gasteiger partial charge in [0.05, 0.1) is 6.10 Å². The molecule has 0 bridgehead atoms. The zero-order valence-electron chi connectivity index (χ0n) is 9.50. The summed E-state index contributed by atoms with van der Waals surface area (Å²) in [5.74, 6) is -0.157. The lowest BCUT2D eigenvalue weighted by Gasteiger charge is -2.16. The molecule has 1 aromatic heterocycles. The molecule has 1 aliphatic rings. The average molecular weight is 238 g/mol. The molecule has 6 heteroatoms. The van der Waals surface area contributed by atoms with E-state index >= 15 is 0 Å². The normalized spacial score (nSPS) is 23.6. The number of aromatic nitrogens is 1. The molecule has 92 valence electrons. The molecule has 1 aliphatic carbocycles. The molecular formula is C11H14N2O4. The molecule has 6 nitrogen and oxygen atoms in total. The van der Waals surface area contributed by atoms with Crippen LogP contribution in [0.1, 0.15) is 25.0 Å². The number of aliphatic hydroxyl groups is 1. The molecule has 0 aliphatic heterocycles. The van der Waals surface area contributed by atoms with Gasteiger partial charge in [-0.3, -0.25) is 0 Å². The molecule has 0 aromatic carbocycles. The van der Waals surface area contributed by atoms with Gasteiger partial charge >= 0.3 is 5.82 Å². The quantitative estimate of drug-likeness (QED) is 0.638. The first-order valence-corrected chi connectivity index (χ1v) is 5.54. The van der Waals surface area contributed by atoms with E-state index in [4.69, 9.17) is 4.74 Å². The third-order valence-corrected chi connectivity index (χ3v) is 2.85. The van der Waals surface area contributed by atoms with E-state index < -0.39 is 11.0 Å². The molecule has 0 amide bonds. The predicted octanol–water partition coefficient (Wildman–Crippen LogP) is 1.59. The highest BCUT2D eigenvalue weighted by atomic mass is 16.6. The van der Waals surface area contributed by atoms with E-state index in [1.807, 2.05) is 0 Å². The number of aliphatic hydroxyl groups excluding tert-OH is 1. The van der Waals surface area contributed by atoms with E-state index in [-0.39, 0.29) is 17.7 Å². The molecular weight excluding hydrogens is 224 g/mol. The first-order valence-electron chi connectivity index (χ1n) is 5.54. The monoisotopic (exact) mass is 238 g/mol. The van der Waals surface area contributed by atoms with Crippen molar-refractivity contribution in [2.75, 3.05) is 0 Å². The van der Waals surface area contributed by atoms with Crippen LogP contribution in [-0.4, -0.2) is 27.2 Å². The predicted molar refractivity (Wildman–Crippen MR) is 59.9 cm³/mol. The second-order valence-electron chi connectivity index (χ2n) is 4.19. The highest BCUT2D eigenvalue weighted by Gasteiger charge is 2.29. The van der Waals surface area contributed by atoms with Gasteiger partial charge < -0.3 is 20.0 Å². The fourth-order valence-electron chi connectivity index (χ4n) is 1.96. The number of rotatable bonds is 3. The molecule has 1 fully saturated rings. The Morgan fingerprint density at radius 3 is 2.88 bits per heavy atom. The molecule has 1 aromatic rings. The summed E-state index contributed by atoms with van der Waals surface area (Å²) in [6.45, 7) is 1.68. The first-order chi connectivity index (χ1) is 8.08. The number of nitro groups is 1. The SMILES string of the molecule is Cc1ccc(O[C@H]2CCC[C@@H]2O)c([N+](=O)[O-])n1. The fraction of sp³-hybridized carbons (Fsp3) is 0.545. The Balaban J connectivity index is 2.22. The van der Waals surface area contributed by atoms with Gasteiger partial charge in [0.2, 0.25) is 5.75 Å². The Labute approximate surface area is 98.4 Å². The minimum atomic E-state index is -0.566. The summed E-state index contributed by atoms with van der Waals surface area (Å²) >= 11 is 0. The van der Waals surface area contributed by atoms with Crippen LogP contribution in [0, 0.1) is 17.0 Å². The van der Waals surface area contributed by atoms with Crippen LogP contribution in [0.2, 0.25) is 0 Å². The Bertz CT molecular complexity index is 435. The molecule has 1 heterocycles. The van der Waals surface area contributed by atoms with E-state index in [1.165, 1.54) is 6.07 Å². The maximum Gasteiger partial charge on any atom is 0.406 e. The van der Waals surface area contributed by atoms with Crippen molar-refractivity contribution in [1.29, 1.82) is 0 Å². The first kappa shape index (κ1) is 11.8. The van der Waals surface area contributed by atoms with Gasteiger partial charge in [-0.2, -0.15) is 0 Å². The Kier molecular flexibility index (Phi) is 3.23. The lowest BCUT2D eigenvalue weighted by atomic mass is 10.2. The van der Waals surface area contributed by atoms with Crippen LogP contribution in [0.15, 0.2) is 12.1 Å². The Morgan fingerprint density at radius 2 is 2.29 bits per heavy atom. The molecule has 0 spiro atoms. The minimum Gasteiger partial charge on any atom is -0.480 e. The van der Waals surface area contributed by atoms with Crippen molar-refractivity contribution in [3.05, 3.63) is 27.9 Å². The van der Waals surface area contributed by atoms with E-state index in [2.05, 4.69) is 4.98 Å². The fourth-order valence-corrected chi connectivity index (χ4v) is 1.96. The summed E-state index contributed by atoms with van der Waals surface area (Å²) in [6.07, 6.45) is 1.36. The summed E-state index contributed by atoms with van der Waals surface area (Å²) in [5, 5.41) is 20.4. The van der Waals surface area contributed by atoms with E-state index in [1.54, 1.807) is 13.0 Å². The van der Waals surface area contributed by atoms with E-state index in [0.717, 1.165) is 6.42 Å². The zero-order chi connectivity index (χ0) is 12.4. The van der Waals surface area contributed by atoms with Gasteiger partial charge in [0.1, 0.15) is 11.8 Å². The van der Waals surface area contributed by atoms with Gasteiger partial charge in [0.25, 0.3) is 0 Å². The standard InChI is InChI=1S/C11H14N2O4/c1-7-5-6-10(11(12-7)13(15)16)17-9-4-2-3-8(9)14/h5-6,8-9,14H,2-4H2,1H3/t8-,9-/m0/s1. The molecule has 1 saturated carbocycles. The van der Waals surface area contributed by atoms with Crippen LogP contribution < -0.4 is 4.74 Å². The summed E-state index contributed by atoms with van der Waals surface area (Å²) in [7, 11) is 0. The van der Waals surface area contributed by atoms with E-state index in [9.17, 15) is 15.2 Å². The van der Waals surface area contributed by atoms with Crippen LogP contribution in [0.5, 0.6) is 5.75 Å². The maximum absolute atomic E-state index is 10.8. The lowest BCUT2D eigenvalue weighted by molar-refractivity contribution is -0.390. The van der Waals surface area contributed by atoms with Crippen molar-refractivity contribution >= 4 is 5.82 Å². The van der Waals surface area contributed by atoms with Gasteiger partial charge in [-0.25, -0.2) is 0 Å². The van der Waals surface area contributed by atoms with Gasteiger partial charge in [-0.1, -0.05) is 0 Å². The van der Waals surface area contributed by atoms with Crippen molar-refractivity contribution in [2.45, 2.75) is 38.4 Å². The van der Waals surface area contributed by atoms with Crippen molar-refractivity contribution < 1.29 is 14.8 Å². The maximum atomic E-state index is 10.8. The van der Waals surface area contributed by atoms with Crippen LogP contribution in [0.4, 0.5) is 5.82 Å². The topological polar surface area (TPSA) is 85.5 Å². The van der Waals surface area contributed by atoms with Crippen LogP contribution in [-0.2, 0) is 0 Å². The largest absolute Gasteiger partial charge is 0.480 e. The number of hydrogen-bond acceptors (Lipinski definition) is 5. The van der Waals surface area contributed by atoms with Crippen molar-refractivity contribution in [2.24, 2.45) is 0 Å². The van der Waals surface area contributed by atoms with Crippen molar-refractivity contribution in [3.8, 4) is 5.75 Å². The summed E-state index contributed by atoms with van der Waals surface area (Å²) in [4.78, 5) is 14.1. The smallest absolute Gasteiger partial charge is 0.406 e. The molecule has 0 saturated heterocycles. The average Bonchev–Trinajstić information content (AvgIpc) is 2.67. The Morgan fingerprint density at radius 1 is 1.53 bits per heavy atom. The molecule has 0 radical (unpaired) electrons. The minimum absolute atomic E-state index is 0.131. The second-order valence-corrected chi connectivity index (χ2v) is 4.19. The van der Waals surface area contributed by atoms with Gasteiger partial charge in [-0.05, 0) is 41.3 Å². The molecule has 1 N–H and O–H groups in total. The molecule has 0 unspecified atom stereocenters. The molecule has 17 heavy (non-hydrogen) atoms. The van der Waals surface area contributed by atoms with Crippen molar-refractivity contribution in [3.63, 3.8) is 0 Å². The van der Waals surface area contributed by atoms with Gasteiger partial charge in [0, 0.05) is 6.92 Å². The number of hydrogen-bond donors (Lipinski definition) is 1. The van der Waals surface area contributed by atoms with Crippen molar-refractivity contribution in [1.82, 2.24) is 4.98 Å². The highest BCUT2D eigenvalue weighted by molar-refractivity contribution is 5.40. The number of nitrogens with zero attached hydrogens (tertiary/aromatic N) is 2. The van der Waals surface area contributed by atoms with Gasteiger partial charge in [-0.15, -0.1) is 0 Å². The second kappa shape index (κ2) is 4.67. The molecule has 2 atom stereocenters. The number of pyridine rings is 1. The zero-order valence-corrected chi connectivity index (χ0v) is 9.50. The third kappa shape index (κ3) is 2.52. The molecule has 2 rings (SSSR count). The summed E-state index contributed by atoms with van der Waals surface area (Å²) in [5.41, 5.74) is 0.566. The number of aryl methyl sites for hydroxylation is 1. The highest BCUT2D eigenvalue weighted by Crippen LogP contribution is 2.30. The van der Waals surface area contributed by atoms with Gasteiger partial charge in [0.15, 0.2) is 0 Å². The van der Waals surface area contributed by atoms with E-state index in [0.29, 0.717) is 18.5 Å². The Hall–Kier alpha value is -1.69. The van der Waals surface area contributed by atoms with Crippen LogP contribution >= 0.6 is 0 Å². The summed E-state index contributed by atoms with van der Waals surface area (Å²) < 4.78 is 5.48. The third-order valence-electron chi connectivity index (χ3n) is 2.85. The lowest BCUT2D eigenvalue weighted by Crippen LogP contribution is -2.26. The van der Waals surface area contributed by atoms with Crippen LogP contribution in [0.3, 0.4) is 0 Å². The summed E-state index contributed by atoms with van der Waals surface area (Å²) in [6, 6.07) is 3.19.